The Hall–Kier alpha value is -4.36. The molecule has 0 heterocycles. The first-order valence-electron chi connectivity index (χ1n) is 10.2. The van der Waals surface area contributed by atoms with E-state index in [4.69, 9.17) is 16.2 Å². The Morgan fingerprint density at radius 1 is 0.656 bits per heavy atom. The van der Waals surface area contributed by atoms with Crippen LogP contribution in [0.2, 0.25) is 0 Å². The molecule has 4 aromatic carbocycles. The van der Waals surface area contributed by atoms with Crippen molar-refractivity contribution in [3.8, 4) is 28.3 Å². The van der Waals surface area contributed by atoms with Crippen molar-refractivity contribution in [2.45, 2.75) is 13.8 Å². The van der Waals surface area contributed by atoms with Crippen LogP contribution in [0.15, 0.2) is 102 Å². The van der Waals surface area contributed by atoms with E-state index in [2.05, 4.69) is 73.6 Å². The average molecular weight is 420 g/mol. The minimum atomic E-state index is 0.125. The fourth-order valence-corrected chi connectivity index (χ4v) is 3.12. The molecule has 4 nitrogen and oxygen atoms in total. The second kappa shape index (κ2) is 10.6. The van der Waals surface area contributed by atoms with E-state index >= 15 is 0 Å². The largest absolute Gasteiger partial charge is 0.409 e. The van der Waals surface area contributed by atoms with Gasteiger partial charge in [0.15, 0.2) is 5.84 Å². The summed E-state index contributed by atoms with van der Waals surface area (Å²) in [5, 5.41) is 20.2. The highest BCUT2D eigenvalue weighted by Crippen LogP contribution is 2.21. The third-order valence-corrected chi connectivity index (χ3v) is 5.07. The van der Waals surface area contributed by atoms with Gasteiger partial charge in [-0.25, -0.2) is 0 Å². The van der Waals surface area contributed by atoms with Crippen LogP contribution in [0.1, 0.15) is 22.3 Å². The molecule has 0 spiro atoms. The first-order chi connectivity index (χ1) is 15.5. The Morgan fingerprint density at radius 3 is 1.34 bits per heavy atom. The van der Waals surface area contributed by atoms with E-state index < -0.39 is 0 Å². The minimum Gasteiger partial charge on any atom is -0.409 e. The summed E-state index contributed by atoms with van der Waals surface area (Å²) in [6.07, 6.45) is 0. The molecule has 0 fully saturated rings. The number of nitriles is 1. The lowest BCUT2D eigenvalue weighted by atomic mass is 10.0. The monoisotopic (exact) mass is 419 g/mol. The molecule has 4 heteroatoms. The molecule has 0 atom stereocenters. The van der Waals surface area contributed by atoms with Gasteiger partial charge in [0.1, 0.15) is 0 Å². The van der Waals surface area contributed by atoms with Crippen LogP contribution in [0.25, 0.3) is 22.3 Å². The molecule has 3 N–H and O–H groups in total. The van der Waals surface area contributed by atoms with Crippen molar-refractivity contribution in [2.75, 3.05) is 0 Å². The van der Waals surface area contributed by atoms with Crippen molar-refractivity contribution in [3.63, 3.8) is 0 Å². The standard InChI is InChI=1S/C14H14N2O.C14H11N/c1-10-2-4-11(5-3-10)12-6-8-13(9-7-12)14(15)16-17;1-11-2-6-13(7-3-11)14-8-4-12(10-15)5-9-14/h2-9,17H,1H3,(H2,15,16);2-9H,1H3. The molecule has 0 radical (unpaired) electrons. The zero-order valence-corrected chi connectivity index (χ0v) is 18.2. The minimum absolute atomic E-state index is 0.125. The third kappa shape index (κ3) is 5.84. The maximum Gasteiger partial charge on any atom is 0.170 e. The van der Waals surface area contributed by atoms with E-state index in [1.807, 2.05) is 48.5 Å². The van der Waals surface area contributed by atoms with E-state index in [1.165, 1.54) is 16.7 Å². The molecule has 0 unspecified atom stereocenters. The van der Waals surface area contributed by atoms with E-state index in [0.717, 1.165) is 16.7 Å². The predicted molar refractivity (Wildman–Crippen MR) is 130 cm³/mol. The van der Waals surface area contributed by atoms with Crippen molar-refractivity contribution < 1.29 is 5.21 Å². The van der Waals surface area contributed by atoms with E-state index in [0.29, 0.717) is 11.1 Å². The van der Waals surface area contributed by atoms with Crippen LogP contribution in [-0.4, -0.2) is 11.0 Å². The van der Waals surface area contributed by atoms with Crippen LogP contribution >= 0.6 is 0 Å². The highest BCUT2D eigenvalue weighted by molar-refractivity contribution is 5.97. The molecule has 0 bridgehead atoms. The van der Waals surface area contributed by atoms with Gasteiger partial charge in [-0.1, -0.05) is 101 Å². The highest BCUT2D eigenvalue weighted by atomic mass is 16.4. The van der Waals surface area contributed by atoms with Crippen LogP contribution in [0.4, 0.5) is 0 Å². The quantitative estimate of drug-likeness (QED) is 0.177. The average Bonchev–Trinajstić information content (AvgIpc) is 2.85. The molecule has 0 amide bonds. The number of hydrogen-bond acceptors (Lipinski definition) is 3. The van der Waals surface area contributed by atoms with Gasteiger partial charge in [-0.2, -0.15) is 5.26 Å². The molecule has 0 aromatic heterocycles. The molecular weight excluding hydrogens is 394 g/mol. The number of oxime groups is 1. The SMILES string of the molecule is Cc1ccc(-c2ccc(/C(N)=N/O)cc2)cc1.Cc1ccc(-c2ccc(C#N)cc2)cc1. The summed E-state index contributed by atoms with van der Waals surface area (Å²) in [5.41, 5.74) is 14.0. The van der Waals surface area contributed by atoms with E-state index in [1.54, 1.807) is 0 Å². The first-order valence-corrected chi connectivity index (χ1v) is 10.2. The molecule has 0 aliphatic heterocycles. The van der Waals surface area contributed by atoms with Gasteiger partial charge in [-0.05, 0) is 48.2 Å². The van der Waals surface area contributed by atoms with Gasteiger partial charge in [0, 0.05) is 5.56 Å². The third-order valence-electron chi connectivity index (χ3n) is 5.07. The van der Waals surface area contributed by atoms with E-state index in [-0.39, 0.29) is 5.84 Å². The summed E-state index contributed by atoms with van der Waals surface area (Å²) in [6.45, 7) is 4.13. The normalized spacial score (nSPS) is 10.6. The Labute approximate surface area is 188 Å². The van der Waals surface area contributed by atoms with Crippen molar-refractivity contribution >= 4 is 5.84 Å². The smallest absolute Gasteiger partial charge is 0.170 e. The number of benzene rings is 4. The Bertz CT molecular complexity index is 1220. The van der Waals surface area contributed by atoms with Gasteiger partial charge >= 0.3 is 0 Å². The number of nitrogens with two attached hydrogens (primary N) is 1. The number of aryl methyl sites for hydroxylation is 2. The maximum atomic E-state index is 8.69. The van der Waals surface area contributed by atoms with Gasteiger partial charge in [-0.15, -0.1) is 0 Å². The van der Waals surface area contributed by atoms with Crippen molar-refractivity contribution in [1.29, 1.82) is 5.26 Å². The number of rotatable bonds is 3. The summed E-state index contributed by atoms with van der Waals surface area (Å²) >= 11 is 0. The molecule has 0 saturated carbocycles. The summed E-state index contributed by atoms with van der Waals surface area (Å²) in [6, 6.07) is 34.0. The Balaban J connectivity index is 0.000000182. The maximum absolute atomic E-state index is 8.69. The second-order valence-corrected chi connectivity index (χ2v) is 7.48. The summed E-state index contributed by atoms with van der Waals surface area (Å²) < 4.78 is 0. The predicted octanol–water partition coefficient (Wildman–Crippen LogP) is 6.29. The number of amidine groups is 1. The molecule has 0 aliphatic rings. The zero-order valence-electron chi connectivity index (χ0n) is 18.2. The van der Waals surface area contributed by atoms with Crippen LogP contribution in [0, 0.1) is 25.2 Å². The second-order valence-electron chi connectivity index (χ2n) is 7.48. The van der Waals surface area contributed by atoms with Crippen molar-refractivity contribution in [2.24, 2.45) is 10.9 Å². The lowest BCUT2D eigenvalue weighted by Gasteiger charge is -2.04. The molecule has 4 rings (SSSR count). The van der Waals surface area contributed by atoms with Crippen LogP contribution in [-0.2, 0) is 0 Å². The molecule has 158 valence electrons. The highest BCUT2D eigenvalue weighted by Gasteiger charge is 2.01. The molecule has 0 saturated heterocycles. The lowest BCUT2D eigenvalue weighted by Crippen LogP contribution is -2.12. The van der Waals surface area contributed by atoms with Crippen LogP contribution < -0.4 is 5.73 Å². The van der Waals surface area contributed by atoms with Gasteiger partial charge < -0.3 is 10.9 Å². The van der Waals surface area contributed by atoms with Crippen molar-refractivity contribution in [3.05, 3.63) is 119 Å². The van der Waals surface area contributed by atoms with Gasteiger partial charge in [-0.3, -0.25) is 0 Å². The fourth-order valence-electron chi connectivity index (χ4n) is 3.12. The molecule has 4 aromatic rings. The zero-order chi connectivity index (χ0) is 22.9. The summed E-state index contributed by atoms with van der Waals surface area (Å²) in [5.74, 6) is 0.125. The lowest BCUT2D eigenvalue weighted by molar-refractivity contribution is 0.318. The summed E-state index contributed by atoms with van der Waals surface area (Å²) in [4.78, 5) is 0. The molecular formula is C28H25N3O. The van der Waals surface area contributed by atoms with Crippen LogP contribution in [0.3, 0.4) is 0 Å². The van der Waals surface area contributed by atoms with Gasteiger partial charge in [0.05, 0.1) is 11.6 Å². The number of hydrogen-bond donors (Lipinski definition) is 2. The van der Waals surface area contributed by atoms with Gasteiger partial charge in [0.2, 0.25) is 0 Å². The Kier molecular flexibility index (Phi) is 7.40. The number of nitrogens with zero attached hydrogens (tertiary/aromatic N) is 2. The van der Waals surface area contributed by atoms with Gasteiger partial charge in [0.25, 0.3) is 0 Å². The molecule has 0 aliphatic carbocycles. The Morgan fingerprint density at radius 2 is 1.00 bits per heavy atom. The fraction of sp³-hybridized carbons (Fsp3) is 0.0714. The van der Waals surface area contributed by atoms with E-state index in [9.17, 15) is 0 Å². The van der Waals surface area contributed by atoms with Crippen molar-refractivity contribution in [1.82, 2.24) is 0 Å². The summed E-state index contributed by atoms with van der Waals surface area (Å²) in [7, 11) is 0. The van der Waals surface area contributed by atoms with Crippen LogP contribution in [0.5, 0.6) is 0 Å². The topological polar surface area (TPSA) is 82.4 Å². The molecule has 32 heavy (non-hydrogen) atoms. The first kappa shape index (κ1) is 22.3.